The Morgan fingerprint density at radius 1 is 1.05 bits per heavy atom. The number of ether oxygens (including phenoxy) is 1. The molecule has 0 unspecified atom stereocenters. The summed E-state index contributed by atoms with van der Waals surface area (Å²) in [5.74, 6) is -2.16. The SMILES string of the molecule is [O-][n+]1cc(-c2c(-n3cnnn3)ccc(Cl)c2F)ccc1[C@@H](CCOC(F)F)n1cc(-c2nn(C(F)F)nc2F)cn1. The number of aromatic nitrogens is 10. The molecule has 0 saturated carbocycles. The van der Waals surface area contributed by atoms with Crippen LogP contribution in [0, 0.1) is 17.0 Å². The van der Waals surface area contributed by atoms with Crippen molar-refractivity contribution in [2.75, 3.05) is 6.61 Å². The van der Waals surface area contributed by atoms with Gasteiger partial charge in [-0.05, 0) is 28.6 Å². The van der Waals surface area contributed by atoms with Gasteiger partial charge in [-0.15, -0.1) is 20.1 Å². The predicted molar refractivity (Wildman–Crippen MR) is 126 cm³/mol. The van der Waals surface area contributed by atoms with E-state index in [1.165, 1.54) is 36.8 Å². The fourth-order valence-corrected chi connectivity index (χ4v) is 4.22. The van der Waals surface area contributed by atoms with Crippen molar-refractivity contribution in [2.45, 2.75) is 25.6 Å². The Bertz CT molecular complexity index is 1660. The third-order valence-corrected chi connectivity index (χ3v) is 6.13. The molecule has 0 aliphatic rings. The van der Waals surface area contributed by atoms with E-state index in [9.17, 15) is 27.2 Å². The molecule has 0 saturated heterocycles. The summed E-state index contributed by atoms with van der Waals surface area (Å²) in [4.78, 5) is -0.126. The highest BCUT2D eigenvalue weighted by atomic mass is 35.5. The van der Waals surface area contributed by atoms with Crippen LogP contribution in [0.15, 0.2) is 49.2 Å². The summed E-state index contributed by atoms with van der Waals surface area (Å²) >= 11 is 5.98. The molecule has 214 valence electrons. The van der Waals surface area contributed by atoms with Crippen LogP contribution < -0.4 is 4.73 Å². The molecule has 0 bridgehead atoms. The monoisotopic (exact) mass is 600 g/mol. The summed E-state index contributed by atoms with van der Waals surface area (Å²) in [6, 6.07) is 4.33. The van der Waals surface area contributed by atoms with Crippen LogP contribution in [0.3, 0.4) is 0 Å². The molecule has 4 aromatic heterocycles. The normalized spacial score (nSPS) is 12.5. The summed E-state index contributed by atoms with van der Waals surface area (Å²) in [5, 5.41) is 34.2. The second-order valence-corrected chi connectivity index (χ2v) is 8.67. The number of hydrogen-bond acceptors (Lipinski definition) is 8. The maximum absolute atomic E-state index is 15.2. The Morgan fingerprint density at radius 2 is 1.85 bits per heavy atom. The van der Waals surface area contributed by atoms with E-state index >= 15 is 4.39 Å². The summed E-state index contributed by atoms with van der Waals surface area (Å²) in [5.41, 5.74) is -0.529. The second kappa shape index (κ2) is 11.5. The van der Waals surface area contributed by atoms with E-state index in [2.05, 4.69) is 35.6 Å². The summed E-state index contributed by atoms with van der Waals surface area (Å²) < 4.78 is 87.4. The lowest BCUT2D eigenvalue weighted by molar-refractivity contribution is -0.615. The number of tetrazole rings is 1. The lowest BCUT2D eigenvalue weighted by Crippen LogP contribution is -2.36. The van der Waals surface area contributed by atoms with Crippen LogP contribution in [0.4, 0.5) is 26.3 Å². The zero-order valence-electron chi connectivity index (χ0n) is 20.2. The zero-order chi connectivity index (χ0) is 29.3. The summed E-state index contributed by atoms with van der Waals surface area (Å²) in [6.45, 7) is -6.82. The molecule has 0 amide bonds. The van der Waals surface area contributed by atoms with Crippen molar-refractivity contribution in [3.8, 4) is 28.1 Å². The van der Waals surface area contributed by atoms with Gasteiger partial charge in [0.2, 0.25) is 5.69 Å². The van der Waals surface area contributed by atoms with Gasteiger partial charge in [0.05, 0.1) is 34.6 Å². The van der Waals surface area contributed by atoms with Crippen LogP contribution in [0.25, 0.3) is 28.1 Å². The van der Waals surface area contributed by atoms with Crippen LogP contribution in [0.1, 0.15) is 24.7 Å². The number of nitrogens with zero attached hydrogens (tertiary/aromatic N) is 10. The van der Waals surface area contributed by atoms with Gasteiger partial charge in [-0.3, -0.25) is 4.68 Å². The molecule has 4 heterocycles. The highest BCUT2D eigenvalue weighted by Crippen LogP contribution is 2.34. The number of benzene rings is 1. The minimum atomic E-state index is -3.20. The fraction of sp³-hybridized carbons (Fsp3) is 0.227. The van der Waals surface area contributed by atoms with Gasteiger partial charge in [0, 0.05) is 24.2 Å². The molecule has 12 nitrogen and oxygen atoms in total. The van der Waals surface area contributed by atoms with Gasteiger partial charge in [-0.1, -0.05) is 11.6 Å². The van der Waals surface area contributed by atoms with Crippen LogP contribution in [-0.4, -0.2) is 58.2 Å². The maximum Gasteiger partial charge on any atom is 0.348 e. The van der Waals surface area contributed by atoms with Crippen molar-refractivity contribution in [1.82, 2.24) is 45.0 Å². The largest absolute Gasteiger partial charge is 0.618 e. The van der Waals surface area contributed by atoms with E-state index in [1.807, 2.05) is 0 Å². The van der Waals surface area contributed by atoms with Crippen molar-refractivity contribution in [3.05, 3.63) is 76.9 Å². The average molecular weight is 601 g/mol. The molecule has 0 aliphatic heterocycles. The molecule has 0 fully saturated rings. The van der Waals surface area contributed by atoms with Gasteiger partial charge in [0.25, 0.3) is 5.95 Å². The van der Waals surface area contributed by atoms with Crippen LogP contribution in [-0.2, 0) is 4.74 Å². The molecule has 1 atom stereocenters. The maximum atomic E-state index is 15.2. The van der Waals surface area contributed by atoms with Gasteiger partial charge in [-0.25, -0.2) is 4.39 Å². The molecule has 0 radical (unpaired) electrons. The van der Waals surface area contributed by atoms with Crippen molar-refractivity contribution < 1.29 is 35.8 Å². The van der Waals surface area contributed by atoms with Crippen molar-refractivity contribution in [1.29, 1.82) is 0 Å². The lowest BCUT2D eigenvalue weighted by atomic mass is 10.0. The van der Waals surface area contributed by atoms with E-state index in [4.69, 9.17) is 11.6 Å². The summed E-state index contributed by atoms with van der Waals surface area (Å²) in [6.07, 6.45) is 4.27. The van der Waals surface area contributed by atoms with Crippen molar-refractivity contribution in [2.24, 2.45) is 0 Å². The van der Waals surface area contributed by atoms with Gasteiger partial charge in [0.15, 0.2) is 17.7 Å². The number of rotatable bonds is 10. The molecule has 5 aromatic rings. The number of pyridine rings is 1. The van der Waals surface area contributed by atoms with Gasteiger partial charge >= 0.3 is 13.2 Å². The third kappa shape index (κ3) is 5.68. The van der Waals surface area contributed by atoms with Crippen LogP contribution in [0.2, 0.25) is 5.02 Å². The molecule has 5 rings (SSSR count). The molecule has 41 heavy (non-hydrogen) atoms. The predicted octanol–water partition coefficient (Wildman–Crippen LogP) is 3.96. The first kappa shape index (κ1) is 28.0. The van der Waals surface area contributed by atoms with Crippen molar-refractivity contribution in [3.63, 3.8) is 0 Å². The summed E-state index contributed by atoms with van der Waals surface area (Å²) in [7, 11) is 0. The number of hydrogen-bond donors (Lipinski definition) is 0. The van der Waals surface area contributed by atoms with Gasteiger partial charge in [-0.2, -0.15) is 36.5 Å². The van der Waals surface area contributed by atoms with E-state index in [0.29, 0.717) is 4.73 Å². The van der Waals surface area contributed by atoms with E-state index < -0.39 is 43.3 Å². The molecule has 0 spiro atoms. The molecular weight excluding hydrogens is 586 g/mol. The third-order valence-electron chi connectivity index (χ3n) is 5.84. The van der Waals surface area contributed by atoms with E-state index in [-0.39, 0.29) is 44.3 Å². The van der Waals surface area contributed by atoms with Crippen LogP contribution in [0.5, 0.6) is 0 Å². The van der Waals surface area contributed by atoms with Gasteiger partial charge < -0.3 is 9.94 Å². The fourth-order valence-electron chi connectivity index (χ4n) is 4.06. The van der Waals surface area contributed by atoms with Gasteiger partial charge in [0.1, 0.15) is 12.4 Å². The van der Waals surface area contributed by atoms with E-state index in [0.717, 1.165) is 21.8 Å². The molecule has 1 aromatic carbocycles. The zero-order valence-corrected chi connectivity index (χ0v) is 21.0. The Kier molecular flexibility index (Phi) is 7.84. The van der Waals surface area contributed by atoms with Crippen LogP contribution >= 0.6 is 11.6 Å². The topological polar surface area (TPSA) is 128 Å². The highest BCUT2D eigenvalue weighted by Gasteiger charge is 2.27. The minimum absolute atomic E-state index is 0.0515. The first-order valence-electron chi connectivity index (χ1n) is 11.4. The smallest absolute Gasteiger partial charge is 0.348 e. The van der Waals surface area contributed by atoms with Crippen molar-refractivity contribution >= 4 is 11.6 Å². The van der Waals surface area contributed by atoms with E-state index in [1.54, 1.807) is 0 Å². The Balaban J connectivity index is 1.54. The first-order valence-corrected chi connectivity index (χ1v) is 11.8. The average Bonchev–Trinajstić information content (AvgIpc) is 3.70. The quantitative estimate of drug-likeness (QED) is 0.134. The molecule has 19 heteroatoms. The lowest BCUT2D eigenvalue weighted by Gasteiger charge is -2.18. The molecule has 0 aliphatic carbocycles. The highest BCUT2D eigenvalue weighted by molar-refractivity contribution is 6.31. The second-order valence-electron chi connectivity index (χ2n) is 8.26. The number of halogens is 7. The minimum Gasteiger partial charge on any atom is -0.618 e. The molecule has 0 N–H and O–H groups in total. The Hall–Kier alpha value is -4.58. The standard InChI is InChI=1S/C22H15ClF6N10O2/c23-13-2-4-16(37-10-30-34-35-37)17(18(13)24)11-1-3-15(38(40)9-11)14(5-6-41-22(28)29)36-8-12(7-31-36)19-20(25)33-39(32-19)21(26)27/h1-4,7-10,14,21-22H,5-6H2/t14-/m1/s1. The molecular formula is C22H15ClF6N10O2. The Labute approximate surface area is 229 Å². The Morgan fingerprint density at radius 3 is 2.51 bits per heavy atom. The first-order chi connectivity index (χ1) is 19.6. The number of alkyl halides is 4.